The van der Waals surface area contributed by atoms with Crippen molar-refractivity contribution in [2.75, 3.05) is 26.7 Å². The standard InChI is InChI=1S/C23H29ClN2O2.2ClH/c1-16-3-5-17(6-4-16)15-28-23-20(24)11-18(12-22(23)27-2)13-25-21-14-26-9-7-19(21)8-10-26;;/h3-6,11-12,19,21,25H,7-10,13-15H2,1-2H3;2*1H. The van der Waals surface area contributed by atoms with E-state index in [-0.39, 0.29) is 24.8 Å². The van der Waals surface area contributed by atoms with Gasteiger partial charge in [-0.3, -0.25) is 0 Å². The van der Waals surface area contributed by atoms with Gasteiger partial charge in [0, 0.05) is 19.1 Å². The van der Waals surface area contributed by atoms with Crippen LogP contribution in [0.3, 0.4) is 0 Å². The summed E-state index contributed by atoms with van der Waals surface area (Å²) in [6.07, 6.45) is 2.63. The monoisotopic (exact) mass is 472 g/mol. The van der Waals surface area contributed by atoms with Crippen molar-refractivity contribution in [1.82, 2.24) is 10.2 Å². The maximum absolute atomic E-state index is 6.55. The molecule has 0 aromatic heterocycles. The van der Waals surface area contributed by atoms with Crippen LogP contribution in [-0.4, -0.2) is 37.7 Å². The van der Waals surface area contributed by atoms with Gasteiger partial charge in [-0.05, 0) is 62.0 Å². The van der Waals surface area contributed by atoms with Crippen molar-refractivity contribution < 1.29 is 9.47 Å². The summed E-state index contributed by atoms with van der Waals surface area (Å²) < 4.78 is 11.6. The van der Waals surface area contributed by atoms with Crippen molar-refractivity contribution in [2.24, 2.45) is 5.92 Å². The lowest BCUT2D eigenvalue weighted by atomic mass is 9.84. The van der Waals surface area contributed by atoms with E-state index in [2.05, 4.69) is 41.4 Å². The van der Waals surface area contributed by atoms with Gasteiger partial charge in [0.05, 0.1) is 12.1 Å². The number of nitrogens with zero attached hydrogens (tertiary/aromatic N) is 1. The molecule has 2 bridgehead atoms. The first-order valence-corrected chi connectivity index (χ1v) is 10.5. The Balaban J connectivity index is 0.00000160. The second kappa shape index (κ2) is 11.4. The fourth-order valence-corrected chi connectivity index (χ4v) is 4.59. The summed E-state index contributed by atoms with van der Waals surface area (Å²) >= 11 is 6.55. The van der Waals surface area contributed by atoms with Crippen molar-refractivity contribution in [3.63, 3.8) is 0 Å². The van der Waals surface area contributed by atoms with E-state index in [0.29, 0.717) is 29.2 Å². The molecule has 30 heavy (non-hydrogen) atoms. The molecule has 3 fully saturated rings. The van der Waals surface area contributed by atoms with Crippen molar-refractivity contribution >= 4 is 36.4 Å². The molecular weight excluding hydrogens is 443 g/mol. The van der Waals surface area contributed by atoms with Crippen molar-refractivity contribution in [2.45, 2.75) is 39.0 Å². The molecule has 0 spiro atoms. The summed E-state index contributed by atoms with van der Waals surface area (Å²) in [4.78, 5) is 2.56. The Morgan fingerprint density at radius 1 is 1.07 bits per heavy atom. The Morgan fingerprint density at radius 3 is 2.37 bits per heavy atom. The summed E-state index contributed by atoms with van der Waals surface area (Å²) in [5, 5.41) is 4.33. The Hall–Kier alpha value is -1.17. The van der Waals surface area contributed by atoms with Crippen LogP contribution in [0, 0.1) is 12.8 Å². The zero-order chi connectivity index (χ0) is 19.5. The molecule has 0 saturated carbocycles. The topological polar surface area (TPSA) is 33.7 Å². The smallest absolute Gasteiger partial charge is 0.180 e. The first-order chi connectivity index (χ1) is 13.6. The molecule has 166 valence electrons. The first-order valence-electron chi connectivity index (χ1n) is 10.1. The van der Waals surface area contributed by atoms with E-state index in [9.17, 15) is 0 Å². The number of fused-ring (bicyclic) bond motifs is 3. The number of benzene rings is 2. The maximum Gasteiger partial charge on any atom is 0.180 e. The summed E-state index contributed by atoms with van der Waals surface area (Å²) in [5.74, 6) is 2.10. The zero-order valence-electron chi connectivity index (χ0n) is 17.5. The molecule has 1 unspecified atom stereocenters. The normalized spacial score (nSPS) is 22.0. The quantitative estimate of drug-likeness (QED) is 0.594. The van der Waals surface area contributed by atoms with E-state index in [1.165, 1.54) is 31.5 Å². The highest BCUT2D eigenvalue weighted by molar-refractivity contribution is 6.32. The fraction of sp³-hybridized carbons (Fsp3) is 0.478. The average Bonchev–Trinajstić information content (AvgIpc) is 2.73. The van der Waals surface area contributed by atoms with Crippen LogP contribution < -0.4 is 14.8 Å². The Kier molecular flexibility index (Phi) is 9.58. The van der Waals surface area contributed by atoms with Crippen LogP contribution in [0.15, 0.2) is 36.4 Å². The van der Waals surface area contributed by atoms with Gasteiger partial charge in [0.15, 0.2) is 11.5 Å². The second-order valence-electron chi connectivity index (χ2n) is 8.01. The van der Waals surface area contributed by atoms with Crippen LogP contribution in [0.2, 0.25) is 5.02 Å². The van der Waals surface area contributed by atoms with Crippen molar-refractivity contribution in [3.8, 4) is 11.5 Å². The number of halogens is 3. The van der Waals surface area contributed by atoms with Gasteiger partial charge in [0.2, 0.25) is 0 Å². The van der Waals surface area contributed by atoms with E-state index in [0.717, 1.165) is 30.1 Å². The van der Waals surface area contributed by atoms with Crippen LogP contribution in [0.5, 0.6) is 11.5 Å². The van der Waals surface area contributed by atoms with Gasteiger partial charge < -0.3 is 19.7 Å². The molecule has 3 heterocycles. The summed E-state index contributed by atoms with van der Waals surface area (Å²) in [6, 6.07) is 12.9. The van der Waals surface area contributed by atoms with Crippen LogP contribution in [0.4, 0.5) is 0 Å². The number of aryl methyl sites for hydroxylation is 1. The van der Waals surface area contributed by atoms with Gasteiger partial charge in [-0.25, -0.2) is 0 Å². The maximum atomic E-state index is 6.55. The number of methoxy groups -OCH3 is 1. The molecule has 0 aliphatic carbocycles. The summed E-state index contributed by atoms with van der Waals surface area (Å²) in [5.41, 5.74) is 3.47. The molecule has 3 aliphatic heterocycles. The number of nitrogens with one attached hydrogen (secondary N) is 1. The molecule has 5 rings (SSSR count). The van der Waals surface area contributed by atoms with Gasteiger partial charge in [0.25, 0.3) is 0 Å². The summed E-state index contributed by atoms with van der Waals surface area (Å²) in [6.45, 7) is 7.02. The number of ether oxygens (including phenoxy) is 2. The minimum Gasteiger partial charge on any atom is -0.493 e. The van der Waals surface area contributed by atoms with Crippen LogP contribution in [0.25, 0.3) is 0 Å². The van der Waals surface area contributed by atoms with Crippen LogP contribution in [-0.2, 0) is 13.2 Å². The molecule has 3 aliphatic rings. The Morgan fingerprint density at radius 2 is 1.77 bits per heavy atom. The van der Waals surface area contributed by atoms with Crippen molar-refractivity contribution in [3.05, 3.63) is 58.1 Å². The molecular formula is C23H31Cl3N2O2. The summed E-state index contributed by atoms with van der Waals surface area (Å²) in [7, 11) is 1.66. The molecule has 7 heteroatoms. The van der Waals surface area contributed by atoms with Gasteiger partial charge in [-0.15, -0.1) is 24.8 Å². The SMILES string of the molecule is COc1cc(CNC2CN3CCC2CC3)cc(Cl)c1OCc1ccc(C)cc1.Cl.Cl. The van der Waals surface area contributed by atoms with E-state index < -0.39 is 0 Å². The Labute approximate surface area is 197 Å². The predicted octanol–water partition coefficient (Wildman–Crippen LogP) is 5.26. The molecule has 3 saturated heterocycles. The molecule has 0 radical (unpaired) electrons. The largest absolute Gasteiger partial charge is 0.493 e. The van der Waals surface area contributed by atoms with E-state index in [4.69, 9.17) is 21.1 Å². The minimum atomic E-state index is 0. The predicted molar refractivity (Wildman–Crippen MR) is 128 cm³/mol. The number of piperidine rings is 3. The molecule has 1 atom stereocenters. The van der Waals surface area contributed by atoms with Gasteiger partial charge in [-0.1, -0.05) is 41.4 Å². The minimum absolute atomic E-state index is 0. The third kappa shape index (κ3) is 5.95. The highest BCUT2D eigenvalue weighted by Gasteiger charge is 2.33. The zero-order valence-corrected chi connectivity index (χ0v) is 19.9. The van der Waals surface area contributed by atoms with Gasteiger partial charge >= 0.3 is 0 Å². The lowest BCUT2D eigenvalue weighted by molar-refractivity contribution is 0.0720. The number of hydrogen-bond donors (Lipinski definition) is 1. The molecule has 4 nitrogen and oxygen atoms in total. The number of hydrogen-bond acceptors (Lipinski definition) is 4. The average molecular weight is 474 g/mol. The Bertz CT molecular complexity index is 809. The van der Waals surface area contributed by atoms with Gasteiger partial charge in [0.1, 0.15) is 6.61 Å². The third-order valence-electron chi connectivity index (χ3n) is 6.02. The van der Waals surface area contributed by atoms with Crippen LogP contribution in [0.1, 0.15) is 29.5 Å². The highest BCUT2D eigenvalue weighted by atomic mass is 35.5. The van der Waals surface area contributed by atoms with Gasteiger partial charge in [-0.2, -0.15) is 0 Å². The van der Waals surface area contributed by atoms with E-state index in [1.807, 2.05) is 12.1 Å². The first kappa shape index (κ1) is 25.1. The molecule has 2 aromatic carbocycles. The van der Waals surface area contributed by atoms with Crippen molar-refractivity contribution in [1.29, 1.82) is 0 Å². The molecule has 0 amide bonds. The fourth-order valence-electron chi connectivity index (χ4n) is 4.30. The second-order valence-corrected chi connectivity index (χ2v) is 8.42. The lowest BCUT2D eigenvalue weighted by Crippen LogP contribution is -2.55. The third-order valence-corrected chi connectivity index (χ3v) is 6.30. The van der Waals surface area contributed by atoms with E-state index in [1.54, 1.807) is 7.11 Å². The lowest BCUT2D eigenvalue weighted by Gasteiger charge is -2.45. The molecule has 1 N–H and O–H groups in total. The molecule has 2 aromatic rings. The number of rotatable bonds is 7. The van der Waals surface area contributed by atoms with E-state index >= 15 is 0 Å². The highest BCUT2D eigenvalue weighted by Crippen LogP contribution is 2.37. The van der Waals surface area contributed by atoms with Crippen LogP contribution >= 0.6 is 36.4 Å².